The van der Waals surface area contributed by atoms with E-state index in [1.807, 2.05) is 0 Å². The molecule has 0 radical (unpaired) electrons. The average Bonchev–Trinajstić information content (AvgIpc) is 3.01. The van der Waals surface area contributed by atoms with Crippen molar-refractivity contribution in [2.24, 2.45) is 11.7 Å². The number of allylic oxidation sites excluding steroid dienone is 1. The first-order valence-corrected chi connectivity index (χ1v) is 11.4. The van der Waals surface area contributed by atoms with Gasteiger partial charge < -0.3 is 26.5 Å². The van der Waals surface area contributed by atoms with Gasteiger partial charge in [0.15, 0.2) is 0 Å². The number of aromatic nitrogens is 1. The van der Waals surface area contributed by atoms with Crippen LogP contribution in [-0.4, -0.2) is 59.6 Å². The summed E-state index contributed by atoms with van der Waals surface area (Å²) < 4.78 is 14.0. The van der Waals surface area contributed by atoms with E-state index >= 15 is 0 Å². The standard InChI is InChI=1S/C25H28FN5O4/c1-28-21-11-17(26)9-16-10-19(24(33)30-22(16)21)23(32)29-20-7-6-14(25(34)35)4-5-15(20)12-31-8-2-3-18(27)13-31/h4-7,9-11,14,18,28H,2-3,8,12-13,27H2,1H3,(H,29,32)(H,30,33)(H,34,35). The number of halogens is 1. The van der Waals surface area contributed by atoms with Crippen LogP contribution in [0, 0.1) is 11.7 Å². The van der Waals surface area contributed by atoms with Gasteiger partial charge in [-0.15, -0.1) is 0 Å². The molecule has 1 amide bonds. The van der Waals surface area contributed by atoms with E-state index in [4.69, 9.17) is 5.73 Å². The van der Waals surface area contributed by atoms with Gasteiger partial charge in [0.1, 0.15) is 11.4 Å². The smallest absolute Gasteiger partial charge is 0.314 e. The number of hydrogen-bond acceptors (Lipinski definition) is 6. The fourth-order valence-electron chi connectivity index (χ4n) is 4.42. The van der Waals surface area contributed by atoms with Crippen LogP contribution < -0.4 is 21.9 Å². The molecule has 0 saturated carbocycles. The molecule has 2 aromatic rings. The van der Waals surface area contributed by atoms with E-state index in [1.165, 1.54) is 24.3 Å². The number of pyridine rings is 1. The molecule has 184 valence electrons. The maximum atomic E-state index is 14.0. The Morgan fingerprint density at radius 1 is 1.26 bits per heavy atom. The predicted molar refractivity (Wildman–Crippen MR) is 132 cm³/mol. The highest BCUT2D eigenvalue weighted by atomic mass is 19.1. The van der Waals surface area contributed by atoms with Gasteiger partial charge in [-0.1, -0.05) is 18.2 Å². The molecule has 1 aliphatic heterocycles. The van der Waals surface area contributed by atoms with Crippen molar-refractivity contribution in [1.82, 2.24) is 15.2 Å². The van der Waals surface area contributed by atoms with Crippen LogP contribution in [0.25, 0.3) is 10.9 Å². The zero-order valence-corrected chi connectivity index (χ0v) is 19.3. The number of nitrogens with zero attached hydrogens (tertiary/aromatic N) is 1. The molecule has 9 nitrogen and oxygen atoms in total. The fraction of sp³-hybridized carbons (Fsp3) is 0.320. The number of amides is 1. The number of rotatable bonds is 6. The minimum absolute atomic E-state index is 0.0542. The molecule has 1 aromatic heterocycles. The van der Waals surface area contributed by atoms with Crippen molar-refractivity contribution in [1.29, 1.82) is 0 Å². The molecule has 1 saturated heterocycles. The van der Waals surface area contributed by atoms with Crippen LogP contribution in [0.4, 0.5) is 10.1 Å². The van der Waals surface area contributed by atoms with E-state index in [1.54, 1.807) is 25.3 Å². The van der Waals surface area contributed by atoms with E-state index in [2.05, 4.69) is 20.5 Å². The number of aliphatic carboxylic acids is 1. The van der Waals surface area contributed by atoms with Crippen LogP contribution in [0.2, 0.25) is 0 Å². The van der Waals surface area contributed by atoms with Crippen LogP contribution in [0.3, 0.4) is 0 Å². The Kier molecular flexibility index (Phi) is 7.13. The van der Waals surface area contributed by atoms with Crippen molar-refractivity contribution in [3.63, 3.8) is 0 Å². The highest BCUT2D eigenvalue weighted by Crippen LogP contribution is 2.23. The Labute approximate surface area is 201 Å². The van der Waals surface area contributed by atoms with Gasteiger partial charge in [-0.25, -0.2) is 4.39 Å². The third-order valence-corrected chi connectivity index (χ3v) is 6.22. The normalized spacial score (nSPS) is 20.7. The van der Waals surface area contributed by atoms with E-state index in [0.29, 0.717) is 40.9 Å². The van der Waals surface area contributed by atoms with Crippen molar-refractivity contribution in [2.75, 3.05) is 32.0 Å². The van der Waals surface area contributed by atoms with E-state index in [-0.39, 0.29) is 11.6 Å². The van der Waals surface area contributed by atoms with Gasteiger partial charge >= 0.3 is 5.97 Å². The highest BCUT2D eigenvalue weighted by molar-refractivity contribution is 6.00. The molecule has 35 heavy (non-hydrogen) atoms. The fourth-order valence-corrected chi connectivity index (χ4v) is 4.42. The number of carbonyl (C=O) groups excluding carboxylic acids is 1. The lowest BCUT2D eigenvalue weighted by molar-refractivity contribution is -0.138. The molecule has 4 rings (SSSR count). The third kappa shape index (κ3) is 5.50. The van der Waals surface area contributed by atoms with Crippen LogP contribution in [-0.2, 0) is 4.79 Å². The lowest BCUT2D eigenvalue weighted by Gasteiger charge is -2.31. The van der Waals surface area contributed by atoms with Gasteiger partial charge in [-0.2, -0.15) is 0 Å². The molecule has 1 aliphatic carbocycles. The van der Waals surface area contributed by atoms with Crippen molar-refractivity contribution in [3.05, 3.63) is 75.5 Å². The number of fused-ring (bicyclic) bond motifs is 1. The van der Waals surface area contributed by atoms with Crippen LogP contribution in [0.5, 0.6) is 0 Å². The summed E-state index contributed by atoms with van der Waals surface area (Å²) in [5.74, 6) is -3.06. The quantitative estimate of drug-likeness (QED) is 0.425. The van der Waals surface area contributed by atoms with Crippen LogP contribution >= 0.6 is 0 Å². The number of nitrogens with one attached hydrogen (secondary N) is 3. The number of H-pyrrole nitrogens is 1. The summed E-state index contributed by atoms with van der Waals surface area (Å²) in [6, 6.07) is 3.88. The van der Waals surface area contributed by atoms with Crippen molar-refractivity contribution < 1.29 is 19.1 Å². The molecule has 0 bridgehead atoms. The molecule has 2 heterocycles. The molecule has 10 heteroatoms. The lowest BCUT2D eigenvalue weighted by Crippen LogP contribution is -2.43. The Morgan fingerprint density at radius 3 is 2.74 bits per heavy atom. The molecule has 6 N–H and O–H groups in total. The average molecular weight is 482 g/mol. The maximum absolute atomic E-state index is 14.0. The first kappa shape index (κ1) is 24.4. The second-order valence-electron chi connectivity index (χ2n) is 8.79. The molecule has 1 fully saturated rings. The first-order valence-electron chi connectivity index (χ1n) is 11.4. The Balaban J connectivity index is 1.68. The summed E-state index contributed by atoms with van der Waals surface area (Å²) in [5.41, 5.74) is 7.16. The van der Waals surface area contributed by atoms with Gasteiger partial charge in [0.2, 0.25) is 0 Å². The van der Waals surface area contributed by atoms with Crippen molar-refractivity contribution in [3.8, 4) is 0 Å². The van der Waals surface area contributed by atoms with Gasteiger partial charge in [-0.05, 0) is 49.2 Å². The number of likely N-dealkylation sites (tertiary alicyclic amines) is 1. The number of anilines is 1. The van der Waals surface area contributed by atoms with Gasteiger partial charge in [0.25, 0.3) is 11.5 Å². The minimum atomic E-state index is -1.02. The SMILES string of the molecule is CNc1cc(F)cc2cc(C(=O)NC3=C(CN4CCCC(N)C4)C=CC(C(=O)O)C=C3)c(=O)[nH]c12. The van der Waals surface area contributed by atoms with Crippen molar-refractivity contribution >= 4 is 28.5 Å². The topological polar surface area (TPSA) is 141 Å². The Hall–Kier alpha value is -3.76. The van der Waals surface area contributed by atoms with Gasteiger partial charge in [0.05, 0.1) is 17.1 Å². The number of benzene rings is 1. The summed E-state index contributed by atoms with van der Waals surface area (Å²) in [4.78, 5) is 42.2. The zero-order valence-electron chi connectivity index (χ0n) is 19.3. The molecule has 2 unspecified atom stereocenters. The number of carboxylic acid groups (broad SMARTS) is 1. The summed E-state index contributed by atoms with van der Waals surface area (Å²) in [6.45, 7) is 1.98. The number of carbonyl (C=O) groups is 2. The lowest BCUT2D eigenvalue weighted by atomic mass is 10.0. The van der Waals surface area contributed by atoms with Crippen LogP contribution in [0.1, 0.15) is 23.2 Å². The van der Waals surface area contributed by atoms with Gasteiger partial charge in [-0.3, -0.25) is 19.3 Å². The largest absolute Gasteiger partial charge is 0.481 e. The second-order valence-corrected chi connectivity index (χ2v) is 8.79. The zero-order chi connectivity index (χ0) is 25.1. The molecular weight excluding hydrogens is 453 g/mol. The molecular formula is C25H28FN5O4. The van der Waals surface area contributed by atoms with Gasteiger partial charge in [0, 0.05) is 37.3 Å². The van der Waals surface area contributed by atoms with Crippen LogP contribution in [0.15, 0.2) is 58.6 Å². The summed E-state index contributed by atoms with van der Waals surface area (Å²) in [7, 11) is 1.60. The Bertz CT molecular complexity index is 1310. The number of aromatic amines is 1. The number of nitrogens with two attached hydrogens (primary N) is 1. The predicted octanol–water partition coefficient (Wildman–Crippen LogP) is 1.94. The molecule has 0 spiro atoms. The number of piperidine rings is 1. The third-order valence-electron chi connectivity index (χ3n) is 6.22. The summed E-state index contributed by atoms with van der Waals surface area (Å²) in [5, 5.41) is 15.4. The monoisotopic (exact) mass is 481 g/mol. The molecule has 2 aliphatic rings. The Morgan fingerprint density at radius 2 is 2.03 bits per heavy atom. The molecule has 2 atom stereocenters. The number of carboxylic acids is 1. The number of hydrogen-bond donors (Lipinski definition) is 5. The van der Waals surface area contributed by atoms with Crippen molar-refractivity contribution in [2.45, 2.75) is 18.9 Å². The maximum Gasteiger partial charge on any atom is 0.314 e. The summed E-state index contributed by atoms with van der Waals surface area (Å²) >= 11 is 0. The first-order chi connectivity index (χ1) is 16.7. The highest BCUT2D eigenvalue weighted by Gasteiger charge is 2.22. The van der Waals surface area contributed by atoms with E-state index < -0.39 is 29.2 Å². The van der Waals surface area contributed by atoms with E-state index in [9.17, 15) is 23.9 Å². The summed E-state index contributed by atoms with van der Waals surface area (Å²) in [6.07, 6.45) is 8.16. The molecule has 1 aromatic carbocycles. The minimum Gasteiger partial charge on any atom is -0.481 e. The van der Waals surface area contributed by atoms with E-state index in [0.717, 1.165) is 19.4 Å². The second kappa shape index (κ2) is 10.2.